The van der Waals surface area contributed by atoms with E-state index in [9.17, 15) is 4.79 Å². The van der Waals surface area contributed by atoms with Crippen LogP contribution in [0, 0.1) is 0 Å². The standard InChI is InChI=1S/C10H13NO3S/c1-2-14-6-7-15-9-8(10(12)13)4-3-5-11-9/h3-5H,2,6-7H2,1H3,(H,12,13). The van der Waals surface area contributed by atoms with E-state index >= 15 is 0 Å². The number of rotatable bonds is 6. The van der Waals surface area contributed by atoms with E-state index in [0.29, 0.717) is 24.0 Å². The molecule has 0 saturated heterocycles. The quantitative estimate of drug-likeness (QED) is 0.594. The van der Waals surface area contributed by atoms with E-state index in [1.807, 2.05) is 6.92 Å². The number of ether oxygens (including phenoxy) is 1. The van der Waals surface area contributed by atoms with Crippen LogP contribution < -0.4 is 0 Å². The van der Waals surface area contributed by atoms with Crippen LogP contribution in [-0.2, 0) is 4.74 Å². The highest BCUT2D eigenvalue weighted by molar-refractivity contribution is 7.99. The number of thioether (sulfide) groups is 1. The first-order valence-electron chi connectivity index (χ1n) is 4.64. The topological polar surface area (TPSA) is 59.4 Å². The molecule has 1 heterocycles. The Labute approximate surface area is 92.7 Å². The van der Waals surface area contributed by atoms with Gasteiger partial charge in [0.1, 0.15) is 5.03 Å². The van der Waals surface area contributed by atoms with Crippen LogP contribution in [0.3, 0.4) is 0 Å². The normalized spacial score (nSPS) is 10.2. The van der Waals surface area contributed by atoms with Crippen LogP contribution in [0.25, 0.3) is 0 Å². The first-order chi connectivity index (χ1) is 7.25. The SMILES string of the molecule is CCOCCSc1ncccc1C(=O)O. The van der Waals surface area contributed by atoms with Crippen molar-refractivity contribution < 1.29 is 14.6 Å². The van der Waals surface area contributed by atoms with Crippen LogP contribution >= 0.6 is 11.8 Å². The number of aromatic nitrogens is 1. The molecule has 1 aromatic rings. The van der Waals surface area contributed by atoms with Gasteiger partial charge in [0.15, 0.2) is 0 Å². The third kappa shape index (κ3) is 3.89. The van der Waals surface area contributed by atoms with Gasteiger partial charge in [0.2, 0.25) is 0 Å². The first-order valence-corrected chi connectivity index (χ1v) is 5.63. The zero-order valence-corrected chi connectivity index (χ0v) is 9.29. The summed E-state index contributed by atoms with van der Waals surface area (Å²) in [7, 11) is 0. The van der Waals surface area contributed by atoms with Crippen LogP contribution in [0.2, 0.25) is 0 Å². The van der Waals surface area contributed by atoms with E-state index in [0.717, 1.165) is 0 Å². The van der Waals surface area contributed by atoms with E-state index in [-0.39, 0.29) is 5.56 Å². The van der Waals surface area contributed by atoms with E-state index in [4.69, 9.17) is 9.84 Å². The molecule has 0 radical (unpaired) electrons. The van der Waals surface area contributed by atoms with Crippen molar-refractivity contribution in [2.75, 3.05) is 19.0 Å². The lowest BCUT2D eigenvalue weighted by atomic mass is 10.3. The molecule has 0 unspecified atom stereocenters. The summed E-state index contributed by atoms with van der Waals surface area (Å²) in [6, 6.07) is 3.18. The second kappa shape index (κ2) is 6.42. The number of aromatic carboxylic acids is 1. The van der Waals surface area contributed by atoms with Crippen molar-refractivity contribution in [1.29, 1.82) is 0 Å². The van der Waals surface area contributed by atoms with Gasteiger partial charge in [-0.2, -0.15) is 0 Å². The van der Waals surface area contributed by atoms with Crippen LogP contribution in [0.15, 0.2) is 23.4 Å². The third-order valence-corrected chi connectivity index (χ3v) is 2.64. The Kier molecular flexibility index (Phi) is 5.14. The van der Waals surface area contributed by atoms with Gasteiger partial charge in [-0.05, 0) is 19.1 Å². The van der Waals surface area contributed by atoms with Crippen molar-refractivity contribution in [3.63, 3.8) is 0 Å². The summed E-state index contributed by atoms with van der Waals surface area (Å²) in [4.78, 5) is 14.9. The molecule has 82 valence electrons. The molecule has 0 saturated carbocycles. The van der Waals surface area contributed by atoms with Gasteiger partial charge in [-0.1, -0.05) is 0 Å². The van der Waals surface area contributed by atoms with Crippen molar-refractivity contribution in [1.82, 2.24) is 4.98 Å². The van der Waals surface area contributed by atoms with Crippen molar-refractivity contribution in [2.24, 2.45) is 0 Å². The van der Waals surface area contributed by atoms with Gasteiger partial charge in [-0.15, -0.1) is 11.8 Å². The van der Waals surface area contributed by atoms with Crippen molar-refractivity contribution in [3.8, 4) is 0 Å². The molecule has 1 aromatic heterocycles. The highest BCUT2D eigenvalue weighted by Gasteiger charge is 2.10. The van der Waals surface area contributed by atoms with Gasteiger partial charge in [0.05, 0.1) is 12.2 Å². The predicted molar refractivity (Wildman–Crippen MR) is 58.4 cm³/mol. The Bertz CT molecular complexity index is 330. The van der Waals surface area contributed by atoms with Gasteiger partial charge in [0.25, 0.3) is 0 Å². The van der Waals surface area contributed by atoms with Crippen LogP contribution in [-0.4, -0.2) is 35.0 Å². The van der Waals surface area contributed by atoms with E-state index in [1.165, 1.54) is 11.8 Å². The van der Waals surface area contributed by atoms with E-state index in [1.54, 1.807) is 18.3 Å². The molecule has 1 N–H and O–H groups in total. The molecule has 0 atom stereocenters. The Hall–Kier alpha value is -1.07. The monoisotopic (exact) mass is 227 g/mol. The summed E-state index contributed by atoms with van der Waals surface area (Å²) in [5.74, 6) is -0.229. The van der Waals surface area contributed by atoms with Crippen LogP contribution in [0.1, 0.15) is 17.3 Å². The fourth-order valence-electron chi connectivity index (χ4n) is 1.01. The molecular formula is C10H13NO3S. The summed E-state index contributed by atoms with van der Waals surface area (Å²) in [5.41, 5.74) is 0.249. The molecule has 5 heteroatoms. The van der Waals surface area contributed by atoms with Crippen molar-refractivity contribution in [2.45, 2.75) is 11.9 Å². The highest BCUT2D eigenvalue weighted by atomic mass is 32.2. The molecule has 1 rings (SSSR count). The molecule has 0 aliphatic rings. The smallest absolute Gasteiger partial charge is 0.338 e. The fraction of sp³-hybridized carbons (Fsp3) is 0.400. The maximum Gasteiger partial charge on any atom is 0.338 e. The fourth-order valence-corrected chi connectivity index (χ4v) is 1.85. The molecule has 0 aromatic carbocycles. The van der Waals surface area contributed by atoms with Gasteiger partial charge < -0.3 is 9.84 Å². The molecule has 15 heavy (non-hydrogen) atoms. The summed E-state index contributed by atoms with van der Waals surface area (Å²) in [6.45, 7) is 3.21. The van der Waals surface area contributed by atoms with Crippen LogP contribution in [0.4, 0.5) is 0 Å². The predicted octanol–water partition coefficient (Wildman–Crippen LogP) is 1.91. The Balaban J connectivity index is 2.56. The summed E-state index contributed by atoms with van der Waals surface area (Å²) in [5, 5.41) is 9.43. The third-order valence-electron chi connectivity index (χ3n) is 1.67. The molecule has 0 bridgehead atoms. The molecule has 4 nitrogen and oxygen atoms in total. The second-order valence-corrected chi connectivity index (χ2v) is 3.79. The van der Waals surface area contributed by atoms with E-state index in [2.05, 4.69) is 4.98 Å². The zero-order chi connectivity index (χ0) is 11.1. The van der Waals surface area contributed by atoms with E-state index < -0.39 is 5.97 Å². The maximum atomic E-state index is 10.8. The molecule has 0 aliphatic heterocycles. The number of nitrogens with zero attached hydrogens (tertiary/aromatic N) is 1. The number of hydrogen-bond acceptors (Lipinski definition) is 4. The number of carboxylic acid groups (broad SMARTS) is 1. The lowest BCUT2D eigenvalue weighted by Crippen LogP contribution is -2.02. The number of carboxylic acids is 1. The highest BCUT2D eigenvalue weighted by Crippen LogP contribution is 2.19. The largest absolute Gasteiger partial charge is 0.478 e. The lowest BCUT2D eigenvalue weighted by Gasteiger charge is -2.04. The molecular weight excluding hydrogens is 214 g/mol. The van der Waals surface area contributed by atoms with Gasteiger partial charge >= 0.3 is 5.97 Å². The summed E-state index contributed by atoms with van der Waals surface area (Å²) >= 11 is 1.40. The average molecular weight is 227 g/mol. The molecule has 0 spiro atoms. The number of carbonyl (C=O) groups is 1. The maximum absolute atomic E-state index is 10.8. The molecule has 0 fully saturated rings. The average Bonchev–Trinajstić information content (AvgIpc) is 2.25. The minimum absolute atomic E-state index is 0.249. The first kappa shape index (κ1) is 12.0. The minimum Gasteiger partial charge on any atom is -0.478 e. The summed E-state index contributed by atoms with van der Waals surface area (Å²) < 4.78 is 5.16. The van der Waals surface area contributed by atoms with Gasteiger partial charge in [-0.25, -0.2) is 9.78 Å². The molecule has 0 amide bonds. The number of pyridine rings is 1. The minimum atomic E-state index is -0.943. The lowest BCUT2D eigenvalue weighted by molar-refractivity contribution is 0.0692. The Morgan fingerprint density at radius 3 is 3.13 bits per heavy atom. The van der Waals surface area contributed by atoms with Gasteiger partial charge in [-0.3, -0.25) is 0 Å². The number of hydrogen-bond donors (Lipinski definition) is 1. The Morgan fingerprint density at radius 1 is 1.67 bits per heavy atom. The zero-order valence-electron chi connectivity index (χ0n) is 8.47. The Morgan fingerprint density at radius 2 is 2.47 bits per heavy atom. The summed E-state index contributed by atoms with van der Waals surface area (Å²) in [6.07, 6.45) is 1.59. The van der Waals surface area contributed by atoms with Gasteiger partial charge in [0, 0.05) is 18.6 Å². The second-order valence-electron chi connectivity index (χ2n) is 2.71. The van der Waals surface area contributed by atoms with Crippen molar-refractivity contribution >= 4 is 17.7 Å². The van der Waals surface area contributed by atoms with Crippen LogP contribution in [0.5, 0.6) is 0 Å². The molecule has 0 aliphatic carbocycles. The van der Waals surface area contributed by atoms with Crippen molar-refractivity contribution in [3.05, 3.63) is 23.9 Å².